The molecule has 0 bridgehead atoms. The molecule has 0 atom stereocenters. The third-order valence-electron chi connectivity index (χ3n) is 12.8. The number of nitrogens with one attached hydrogen (secondary N) is 2. The van der Waals surface area contributed by atoms with Gasteiger partial charge in [-0.25, -0.2) is 8.78 Å². The van der Waals surface area contributed by atoms with Crippen molar-refractivity contribution in [2.75, 3.05) is 37.1 Å². The van der Waals surface area contributed by atoms with Crippen molar-refractivity contribution in [1.29, 1.82) is 0 Å². The van der Waals surface area contributed by atoms with E-state index in [9.17, 15) is 18.4 Å². The third-order valence-corrected chi connectivity index (χ3v) is 13.8. The van der Waals surface area contributed by atoms with Crippen LogP contribution in [0.25, 0.3) is 21.8 Å². The number of anilines is 2. The lowest BCUT2D eigenvalue weighted by atomic mass is 9.95. The van der Waals surface area contributed by atoms with Crippen molar-refractivity contribution >= 4 is 72.5 Å². The molecule has 2 saturated carbocycles. The van der Waals surface area contributed by atoms with Crippen LogP contribution in [-0.4, -0.2) is 58.7 Å². The lowest BCUT2D eigenvalue weighted by Crippen LogP contribution is -2.46. The second-order valence-corrected chi connectivity index (χ2v) is 18.7. The molecule has 2 N–H and O–H groups in total. The number of amides is 2. The van der Waals surface area contributed by atoms with Crippen LogP contribution in [-0.2, 0) is 32.2 Å². The van der Waals surface area contributed by atoms with E-state index < -0.39 is 11.3 Å². The fraction of sp³-hybridized carbons (Fsp3) is 0.609. The quantitative estimate of drug-likeness (QED) is 0.124. The summed E-state index contributed by atoms with van der Waals surface area (Å²) in [5, 5.41) is 8.59. The minimum atomic E-state index is -1.24. The number of aryl methyl sites for hydroxylation is 2. The highest BCUT2D eigenvalue weighted by Gasteiger charge is 2.39. The molecule has 4 aromatic rings. The van der Waals surface area contributed by atoms with Crippen molar-refractivity contribution in [1.82, 2.24) is 9.13 Å². The number of halogens is 4. The summed E-state index contributed by atoms with van der Waals surface area (Å²) in [5.74, 6) is 1.45. The number of carbonyl (C=O) groups excluding carboxylic acids is 2. The molecule has 0 spiro atoms. The number of alkyl halides is 2. The topological polar surface area (TPSA) is 86.5 Å². The molecular formula is C46H60BrClF2N4O4. The van der Waals surface area contributed by atoms with Gasteiger partial charge in [0.15, 0.2) is 11.3 Å². The zero-order chi connectivity index (χ0) is 40.5. The van der Waals surface area contributed by atoms with E-state index in [0.717, 1.165) is 44.8 Å². The van der Waals surface area contributed by atoms with Crippen LogP contribution in [0.2, 0.25) is 5.02 Å². The molecule has 316 valence electrons. The van der Waals surface area contributed by atoms with Crippen LogP contribution in [0.4, 0.5) is 20.2 Å². The van der Waals surface area contributed by atoms with E-state index in [-0.39, 0.29) is 38.2 Å². The maximum absolute atomic E-state index is 14.4. The molecule has 12 heteroatoms. The van der Waals surface area contributed by atoms with Crippen LogP contribution < -0.4 is 10.6 Å². The van der Waals surface area contributed by atoms with Gasteiger partial charge >= 0.3 is 0 Å². The number of hydrogen-bond donors (Lipinski definition) is 2. The highest BCUT2D eigenvalue weighted by atomic mass is 79.9. The standard InChI is InChI=1S/C23H30BrFN2O2.C23H30ClFN2O2/c2*24-18-8-5-9-20-22(18)19(14-27(20)13-12-23(25)15-29-16-23)26-21(28)11-10-17-6-3-1-2-4-7-17/h2*5,8-9,14,17H,1-4,6-7,10-13,15-16H2,(H,26,28). The molecule has 8 rings (SSSR count). The molecule has 2 aliphatic heterocycles. The minimum Gasteiger partial charge on any atom is -0.375 e. The molecule has 2 saturated heterocycles. The number of carbonyl (C=O) groups is 2. The van der Waals surface area contributed by atoms with Crippen LogP contribution in [0.1, 0.15) is 116 Å². The summed E-state index contributed by atoms with van der Waals surface area (Å²) in [6.07, 6.45) is 23.2. The van der Waals surface area contributed by atoms with E-state index in [2.05, 4.69) is 26.6 Å². The zero-order valence-corrected chi connectivity index (χ0v) is 36.1. The molecule has 4 heterocycles. The molecule has 2 aliphatic carbocycles. The van der Waals surface area contributed by atoms with Gasteiger partial charge < -0.3 is 29.2 Å². The smallest absolute Gasteiger partial charge is 0.224 e. The van der Waals surface area contributed by atoms with Crippen molar-refractivity contribution in [3.05, 3.63) is 58.3 Å². The van der Waals surface area contributed by atoms with Crippen LogP contribution in [0, 0.1) is 11.8 Å². The van der Waals surface area contributed by atoms with Crippen LogP contribution in [0.3, 0.4) is 0 Å². The van der Waals surface area contributed by atoms with Crippen LogP contribution >= 0.6 is 27.5 Å². The normalized spacial score (nSPS) is 19.7. The Bertz CT molecular complexity index is 1850. The van der Waals surface area contributed by atoms with E-state index in [1.165, 1.54) is 77.0 Å². The molecule has 58 heavy (non-hydrogen) atoms. The van der Waals surface area contributed by atoms with Gasteiger partial charge in [-0.15, -0.1) is 0 Å². The molecule has 8 nitrogen and oxygen atoms in total. The Morgan fingerprint density at radius 2 is 1.10 bits per heavy atom. The van der Waals surface area contributed by atoms with Gasteiger partial charge in [0.1, 0.15) is 0 Å². The molecule has 2 amide bonds. The van der Waals surface area contributed by atoms with Crippen molar-refractivity contribution in [3.8, 4) is 0 Å². The Hall–Kier alpha value is -2.99. The highest BCUT2D eigenvalue weighted by Crippen LogP contribution is 2.37. The summed E-state index contributed by atoms with van der Waals surface area (Å²) in [7, 11) is 0. The summed E-state index contributed by atoms with van der Waals surface area (Å²) in [5.41, 5.74) is 0.982. The van der Waals surface area contributed by atoms with Gasteiger partial charge in [-0.1, -0.05) is 117 Å². The Morgan fingerprint density at radius 3 is 1.55 bits per heavy atom. The number of ether oxygens (including phenoxy) is 2. The lowest BCUT2D eigenvalue weighted by Gasteiger charge is -2.33. The first-order chi connectivity index (χ1) is 28.1. The molecule has 0 unspecified atom stereocenters. The largest absolute Gasteiger partial charge is 0.375 e. The Kier molecular flexibility index (Phi) is 14.9. The van der Waals surface area contributed by atoms with E-state index in [1.54, 1.807) is 0 Å². The summed E-state index contributed by atoms with van der Waals surface area (Å²) < 4.78 is 43.7. The molecule has 2 aromatic carbocycles. The molecular weight excluding hydrogens is 826 g/mol. The second-order valence-electron chi connectivity index (χ2n) is 17.4. The number of benzene rings is 2. The number of hydrogen-bond acceptors (Lipinski definition) is 4. The number of aromatic nitrogens is 2. The van der Waals surface area contributed by atoms with E-state index in [4.69, 9.17) is 21.1 Å². The average molecular weight is 886 g/mol. The van der Waals surface area contributed by atoms with E-state index in [1.807, 2.05) is 57.9 Å². The van der Waals surface area contributed by atoms with Gasteiger partial charge in [0, 0.05) is 66.4 Å². The monoisotopic (exact) mass is 884 g/mol. The SMILES string of the molecule is O=C(CCC1CCCCCC1)Nc1cn(CCC2(F)COC2)c2cccc(Br)c12.O=C(CCC1CCCCCC1)Nc1cn(CCC2(F)COC2)c2cccc(Cl)c12. The van der Waals surface area contributed by atoms with Gasteiger partial charge in [0.05, 0.1) is 53.9 Å². The first-order valence-corrected chi connectivity index (χ1v) is 22.9. The van der Waals surface area contributed by atoms with Crippen LogP contribution in [0.5, 0.6) is 0 Å². The van der Waals surface area contributed by atoms with Crippen molar-refractivity contribution in [2.24, 2.45) is 11.8 Å². The fourth-order valence-corrected chi connectivity index (χ4v) is 10.00. The van der Waals surface area contributed by atoms with E-state index in [0.29, 0.717) is 61.3 Å². The number of fused-ring (bicyclic) bond motifs is 2. The van der Waals surface area contributed by atoms with Crippen LogP contribution in [0.15, 0.2) is 53.3 Å². The summed E-state index contributed by atoms with van der Waals surface area (Å²) in [4.78, 5) is 25.3. The van der Waals surface area contributed by atoms with Crippen molar-refractivity contribution in [2.45, 2.75) is 140 Å². The molecule has 2 aromatic heterocycles. The summed E-state index contributed by atoms with van der Waals surface area (Å²) in [6, 6.07) is 11.6. The van der Waals surface area contributed by atoms with Gasteiger partial charge in [0.25, 0.3) is 0 Å². The van der Waals surface area contributed by atoms with Gasteiger partial charge in [0.2, 0.25) is 11.8 Å². The van der Waals surface area contributed by atoms with Gasteiger partial charge in [-0.3, -0.25) is 9.59 Å². The number of rotatable bonds is 14. The predicted molar refractivity (Wildman–Crippen MR) is 233 cm³/mol. The second kappa shape index (κ2) is 20.0. The van der Waals surface area contributed by atoms with Gasteiger partial charge in [-0.05, 0) is 48.9 Å². The maximum Gasteiger partial charge on any atom is 0.224 e. The first-order valence-electron chi connectivity index (χ1n) is 21.8. The third kappa shape index (κ3) is 11.2. The fourth-order valence-electron chi connectivity index (χ4n) is 9.16. The Balaban J connectivity index is 0.000000177. The first kappa shape index (κ1) is 43.1. The number of nitrogens with zero attached hydrogens (tertiary/aromatic N) is 2. The average Bonchev–Trinajstić information content (AvgIpc) is 3.43. The Morgan fingerprint density at radius 1 is 0.672 bits per heavy atom. The van der Waals surface area contributed by atoms with Crippen molar-refractivity contribution in [3.63, 3.8) is 0 Å². The minimum absolute atomic E-state index is 0.0302. The predicted octanol–water partition coefficient (Wildman–Crippen LogP) is 12.3. The summed E-state index contributed by atoms with van der Waals surface area (Å²) >= 11 is 10.1. The molecule has 4 fully saturated rings. The highest BCUT2D eigenvalue weighted by molar-refractivity contribution is 9.10. The molecule has 4 aliphatic rings. The lowest BCUT2D eigenvalue weighted by molar-refractivity contribution is -0.134. The Labute approximate surface area is 355 Å². The van der Waals surface area contributed by atoms with E-state index >= 15 is 0 Å². The van der Waals surface area contributed by atoms with Crippen molar-refractivity contribution < 1.29 is 27.8 Å². The maximum atomic E-state index is 14.4. The zero-order valence-electron chi connectivity index (χ0n) is 33.8. The van der Waals surface area contributed by atoms with Gasteiger partial charge in [-0.2, -0.15) is 0 Å². The summed E-state index contributed by atoms with van der Waals surface area (Å²) in [6.45, 7) is 1.77. The molecule has 0 radical (unpaired) electrons.